The Morgan fingerprint density at radius 3 is 2.29 bits per heavy atom. The van der Waals surface area contributed by atoms with Gasteiger partial charge in [-0.1, -0.05) is 6.92 Å². The molecule has 0 amide bonds. The van der Waals surface area contributed by atoms with Crippen LogP contribution in [0.15, 0.2) is 0 Å². The van der Waals surface area contributed by atoms with Gasteiger partial charge in [-0.25, -0.2) is 0 Å². The second-order valence-corrected chi connectivity index (χ2v) is 2.08. The zero-order chi connectivity index (χ0) is 5.86. The molecule has 7 heavy (non-hydrogen) atoms. The van der Waals surface area contributed by atoms with E-state index in [0.29, 0.717) is 6.42 Å². The SMILES string of the molecule is CC[C@H](Cl)C(=O)Cl. The van der Waals surface area contributed by atoms with Crippen molar-refractivity contribution in [2.75, 3.05) is 0 Å². The van der Waals surface area contributed by atoms with Crippen molar-refractivity contribution in [2.45, 2.75) is 18.7 Å². The lowest BCUT2D eigenvalue weighted by molar-refractivity contribution is -0.111. The lowest BCUT2D eigenvalue weighted by Gasteiger charge is -1.93. The summed E-state index contributed by atoms with van der Waals surface area (Å²) >= 11 is 10.3. The van der Waals surface area contributed by atoms with Gasteiger partial charge in [0, 0.05) is 0 Å². The molecule has 0 heterocycles. The Balaban J connectivity index is 3.34. The van der Waals surface area contributed by atoms with Crippen molar-refractivity contribution in [3.63, 3.8) is 0 Å². The molecule has 0 aliphatic heterocycles. The smallest absolute Gasteiger partial charge is 0.239 e. The predicted molar refractivity (Wildman–Crippen MR) is 30.8 cm³/mol. The van der Waals surface area contributed by atoms with Crippen LogP contribution in [0.5, 0.6) is 0 Å². The molecule has 0 rings (SSSR count). The van der Waals surface area contributed by atoms with Gasteiger partial charge in [0.15, 0.2) is 0 Å². The van der Waals surface area contributed by atoms with Gasteiger partial charge in [0.25, 0.3) is 0 Å². The van der Waals surface area contributed by atoms with Gasteiger partial charge in [-0.05, 0) is 18.0 Å². The van der Waals surface area contributed by atoms with E-state index < -0.39 is 10.6 Å². The Morgan fingerprint density at radius 1 is 1.86 bits per heavy atom. The molecule has 1 atom stereocenters. The predicted octanol–water partition coefficient (Wildman–Crippen LogP) is 1.77. The molecule has 0 fully saturated rings. The fourth-order valence-electron chi connectivity index (χ4n) is 0.160. The first-order chi connectivity index (χ1) is 3.18. The fraction of sp³-hybridized carbons (Fsp3) is 0.750. The molecule has 0 bridgehead atoms. The third-order valence-electron chi connectivity index (χ3n) is 0.605. The molecule has 0 spiro atoms. The highest BCUT2D eigenvalue weighted by Gasteiger charge is 2.07. The summed E-state index contributed by atoms with van der Waals surface area (Å²) in [6.07, 6.45) is 0.601. The van der Waals surface area contributed by atoms with Crippen molar-refractivity contribution in [1.82, 2.24) is 0 Å². The number of hydrogen-bond acceptors (Lipinski definition) is 1. The van der Waals surface area contributed by atoms with Gasteiger partial charge >= 0.3 is 0 Å². The number of halogens is 2. The molecule has 0 aliphatic carbocycles. The van der Waals surface area contributed by atoms with E-state index in [2.05, 4.69) is 0 Å². The van der Waals surface area contributed by atoms with Gasteiger partial charge < -0.3 is 0 Å². The zero-order valence-corrected chi connectivity index (χ0v) is 5.46. The molecule has 3 heteroatoms. The van der Waals surface area contributed by atoms with Gasteiger partial charge in [-0.2, -0.15) is 0 Å². The number of rotatable bonds is 2. The van der Waals surface area contributed by atoms with Crippen molar-refractivity contribution in [3.05, 3.63) is 0 Å². The van der Waals surface area contributed by atoms with Gasteiger partial charge in [-0.3, -0.25) is 4.79 Å². The molecule has 0 unspecified atom stereocenters. The highest BCUT2D eigenvalue weighted by atomic mass is 35.5. The molecule has 0 aromatic carbocycles. The van der Waals surface area contributed by atoms with Crippen molar-refractivity contribution < 1.29 is 4.79 Å². The number of hydrogen-bond donors (Lipinski definition) is 0. The third-order valence-corrected chi connectivity index (χ3v) is 1.49. The van der Waals surface area contributed by atoms with Crippen LogP contribution in [0.2, 0.25) is 0 Å². The summed E-state index contributed by atoms with van der Waals surface area (Å²) in [5.41, 5.74) is 0. The van der Waals surface area contributed by atoms with E-state index in [0.717, 1.165) is 0 Å². The molecule has 0 saturated heterocycles. The average molecular weight is 141 g/mol. The summed E-state index contributed by atoms with van der Waals surface area (Å²) in [5, 5.41) is -0.967. The second kappa shape index (κ2) is 3.28. The van der Waals surface area contributed by atoms with E-state index in [4.69, 9.17) is 23.2 Å². The van der Waals surface area contributed by atoms with E-state index >= 15 is 0 Å². The maximum atomic E-state index is 10.0. The van der Waals surface area contributed by atoms with E-state index in [1.54, 1.807) is 6.92 Å². The van der Waals surface area contributed by atoms with Crippen molar-refractivity contribution >= 4 is 28.4 Å². The second-order valence-electron chi connectivity index (χ2n) is 1.18. The van der Waals surface area contributed by atoms with Crippen molar-refractivity contribution in [2.24, 2.45) is 0 Å². The van der Waals surface area contributed by atoms with Crippen molar-refractivity contribution in [3.8, 4) is 0 Å². The highest BCUT2D eigenvalue weighted by molar-refractivity contribution is 6.69. The fourth-order valence-corrected chi connectivity index (χ4v) is 0.315. The summed E-state index contributed by atoms with van der Waals surface area (Å²) in [4.78, 5) is 10.0. The normalized spacial score (nSPS) is 13.6. The molecule has 42 valence electrons. The number of carbonyl (C=O) groups excluding carboxylic acids is 1. The van der Waals surface area contributed by atoms with E-state index in [1.807, 2.05) is 0 Å². The number of alkyl halides is 1. The first-order valence-electron chi connectivity index (χ1n) is 2.02. The van der Waals surface area contributed by atoms with E-state index in [1.165, 1.54) is 0 Å². The Bertz CT molecular complexity index is 72.1. The molecule has 0 radical (unpaired) electrons. The molecular formula is C4H6Cl2O. The van der Waals surface area contributed by atoms with Gasteiger partial charge in [0.05, 0.1) is 0 Å². The van der Waals surface area contributed by atoms with Gasteiger partial charge in [0.2, 0.25) is 5.24 Å². The van der Waals surface area contributed by atoms with Crippen molar-refractivity contribution in [1.29, 1.82) is 0 Å². The van der Waals surface area contributed by atoms with Gasteiger partial charge in [0.1, 0.15) is 5.38 Å². The molecule has 0 aliphatic rings. The third kappa shape index (κ3) is 2.89. The Kier molecular flexibility index (Phi) is 3.39. The molecule has 0 aromatic rings. The Labute approximate surface area is 52.6 Å². The minimum Gasteiger partial charge on any atom is -0.280 e. The molecule has 0 aromatic heterocycles. The Morgan fingerprint density at radius 2 is 2.29 bits per heavy atom. The van der Waals surface area contributed by atoms with E-state index in [9.17, 15) is 4.79 Å². The first kappa shape index (κ1) is 7.25. The van der Waals surface area contributed by atoms with Crippen LogP contribution >= 0.6 is 23.2 Å². The standard InChI is InChI=1S/C4H6Cl2O/c1-2-3(5)4(6)7/h3H,2H2,1H3/t3-/m0/s1. The van der Waals surface area contributed by atoms with Crippen LogP contribution in [0.1, 0.15) is 13.3 Å². The monoisotopic (exact) mass is 140 g/mol. The van der Waals surface area contributed by atoms with Crippen LogP contribution in [-0.2, 0) is 4.79 Å². The lowest BCUT2D eigenvalue weighted by Crippen LogP contribution is -2.04. The lowest BCUT2D eigenvalue weighted by atomic mass is 10.4. The minimum atomic E-state index is -0.498. The largest absolute Gasteiger partial charge is 0.280 e. The maximum absolute atomic E-state index is 10.0. The van der Waals surface area contributed by atoms with Crippen LogP contribution in [0.3, 0.4) is 0 Å². The summed E-state index contributed by atoms with van der Waals surface area (Å²) in [6.45, 7) is 1.80. The average Bonchev–Trinajstić information content (AvgIpc) is 1.65. The van der Waals surface area contributed by atoms with Gasteiger partial charge in [-0.15, -0.1) is 11.6 Å². The first-order valence-corrected chi connectivity index (χ1v) is 2.83. The van der Waals surface area contributed by atoms with Crippen LogP contribution in [0, 0.1) is 0 Å². The zero-order valence-electron chi connectivity index (χ0n) is 3.95. The van der Waals surface area contributed by atoms with Crippen LogP contribution < -0.4 is 0 Å². The summed E-state index contributed by atoms with van der Waals surface area (Å²) in [7, 11) is 0. The summed E-state index contributed by atoms with van der Waals surface area (Å²) in [6, 6.07) is 0. The summed E-state index contributed by atoms with van der Waals surface area (Å²) < 4.78 is 0. The highest BCUT2D eigenvalue weighted by Crippen LogP contribution is 2.03. The molecule has 0 saturated carbocycles. The minimum absolute atomic E-state index is 0.468. The maximum Gasteiger partial charge on any atom is 0.239 e. The molecule has 1 nitrogen and oxygen atoms in total. The van der Waals surface area contributed by atoms with Crippen LogP contribution in [0.25, 0.3) is 0 Å². The molecular weight excluding hydrogens is 135 g/mol. The van der Waals surface area contributed by atoms with Crippen LogP contribution in [-0.4, -0.2) is 10.6 Å². The van der Waals surface area contributed by atoms with Crippen LogP contribution in [0.4, 0.5) is 0 Å². The quantitative estimate of drug-likeness (QED) is 0.423. The Hall–Kier alpha value is 0.250. The summed E-state index contributed by atoms with van der Waals surface area (Å²) in [5.74, 6) is 0. The molecule has 0 N–H and O–H groups in total. The van der Waals surface area contributed by atoms with E-state index in [-0.39, 0.29) is 0 Å². The topological polar surface area (TPSA) is 17.1 Å². The number of carbonyl (C=O) groups is 1.